The first kappa shape index (κ1) is 11.6. The molecule has 0 amide bonds. The quantitative estimate of drug-likeness (QED) is 0.744. The van der Waals surface area contributed by atoms with Crippen molar-refractivity contribution in [3.8, 4) is 0 Å². The zero-order valence-corrected chi connectivity index (χ0v) is 10.8. The zero-order chi connectivity index (χ0) is 11.7. The summed E-state index contributed by atoms with van der Waals surface area (Å²) < 4.78 is 0. The van der Waals surface area contributed by atoms with E-state index < -0.39 is 0 Å². The van der Waals surface area contributed by atoms with Crippen molar-refractivity contribution >= 4 is 17.4 Å². The first-order valence-electron chi connectivity index (χ1n) is 5.81. The van der Waals surface area contributed by atoms with Gasteiger partial charge in [-0.15, -0.1) is 0 Å². The molecule has 1 aromatic rings. The molecule has 1 unspecified atom stereocenters. The van der Waals surface area contributed by atoms with Gasteiger partial charge in [0.05, 0.1) is 0 Å². The molecule has 2 rings (SSSR count). The third-order valence-electron chi connectivity index (χ3n) is 3.46. The molecule has 0 radical (unpaired) electrons. The van der Waals surface area contributed by atoms with Crippen LogP contribution in [0.25, 0.3) is 0 Å². The van der Waals surface area contributed by atoms with Gasteiger partial charge in [-0.1, -0.05) is 25.4 Å². The summed E-state index contributed by atoms with van der Waals surface area (Å²) in [6, 6.07) is 0. The van der Waals surface area contributed by atoms with E-state index in [1.807, 2.05) is 6.92 Å². The summed E-state index contributed by atoms with van der Waals surface area (Å²) in [5, 5.41) is 0.568. The minimum absolute atomic E-state index is 0.568. The van der Waals surface area contributed by atoms with Crippen molar-refractivity contribution in [1.29, 1.82) is 0 Å². The average molecular weight is 240 g/mol. The Kier molecular flexibility index (Phi) is 3.33. The number of halogens is 1. The van der Waals surface area contributed by atoms with Gasteiger partial charge in [-0.2, -0.15) is 0 Å². The first-order chi connectivity index (χ1) is 7.59. The highest BCUT2D eigenvalue weighted by Crippen LogP contribution is 2.30. The molecule has 1 aliphatic heterocycles. The summed E-state index contributed by atoms with van der Waals surface area (Å²) in [7, 11) is 0. The van der Waals surface area contributed by atoms with E-state index >= 15 is 0 Å². The molecule has 0 saturated carbocycles. The van der Waals surface area contributed by atoms with Gasteiger partial charge in [-0.05, 0) is 25.2 Å². The van der Waals surface area contributed by atoms with Crippen LogP contribution in [-0.2, 0) is 0 Å². The molecule has 1 saturated heterocycles. The lowest BCUT2D eigenvalue weighted by Gasteiger charge is -2.20. The molecule has 0 spiro atoms. The van der Waals surface area contributed by atoms with Crippen LogP contribution < -0.4 is 4.90 Å². The minimum Gasteiger partial charge on any atom is -0.356 e. The highest BCUT2D eigenvalue weighted by molar-refractivity contribution is 6.30. The smallest absolute Gasteiger partial charge is 0.137 e. The highest BCUT2D eigenvalue weighted by Gasteiger charge is 2.26. The van der Waals surface area contributed by atoms with Crippen molar-refractivity contribution in [1.82, 2.24) is 9.97 Å². The number of hydrogen-bond donors (Lipinski definition) is 0. The summed E-state index contributed by atoms with van der Waals surface area (Å²) in [6.07, 6.45) is 2.80. The number of rotatable bonds is 2. The van der Waals surface area contributed by atoms with E-state index in [9.17, 15) is 0 Å². The van der Waals surface area contributed by atoms with Crippen molar-refractivity contribution in [3.63, 3.8) is 0 Å². The molecule has 3 nitrogen and oxygen atoms in total. The molecule has 88 valence electrons. The maximum atomic E-state index is 6.01. The van der Waals surface area contributed by atoms with Crippen molar-refractivity contribution in [2.75, 3.05) is 18.0 Å². The molecule has 2 heterocycles. The maximum absolute atomic E-state index is 6.01. The Morgan fingerprint density at radius 3 is 2.81 bits per heavy atom. The SMILES string of the molecule is Cc1c(Cl)ncnc1N1CCC(C(C)C)C1. The van der Waals surface area contributed by atoms with Gasteiger partial charge in [-0.3, -0.25) is 0 Å². The van der Waals surface area contributed by atoms with Crippen molar-refractivity contribution in [2.24, 2.45) is 11.8 Å². The second-order valence-electron chi connectivity index (χ2n) is 4.85. The van der Waals surface area contributed by atoms with Gasteiger partial charge < -0.3 is 4.90 Å². The zero-order valence-electron chi connectivity index (χ0n) is 10.1. The van der Waals surface area contributed by atoms with Crippen LogP contribution in [0, 0.1) is 18.8 Å². The van der Waals surface area contributed by atoms with E-state index in [-0.39, 0.29) is 0 Å². The van der Waals surface area contributed by atoms with E-state index in [4.69, 9.17) is 11.6 Å². The average Bonchev–Trinajstić information content (AvgIpc) is 2.71. The highest BCUT2D eigenvalue weighted by atomic mass is 35.5. The van der Waals surface area contributed by atoms with E-state index in [0.717, 1.165) is 36.3 Å². The number of hydrogen-bond acceptors (Lipinski definition) is 3. The Hall–Kier alpha value is -0.830. The van der Waals surface area contributed by atoms with Gasteiger partial charge in [0.1, 0.15) is 17.3 Å². The second kappa shape index (κ2) is 4.58. The first-order valence-corrected chi connectivity index (χ1v) is 6.19. The Labute approximate surface area is 102 Å². The summed E-state index contributed by atoms with van der Waals surface area (Å²) in [6.45, 7) is 8.73. The van der Waals surface area contributed by atoms with Crippen LogP contribution in [0.5, 0.6) is 0 Å². The van der Waals surface area contributed by atoms with E-state index in [0.29, 0.717) is 5.15 Å². The molecule has 16 heavy (non-hydrogen) atoms. The van der Waals surface area contributed by atoms with Crippen LogP contribution in [0.4, 0.5) is 5.82 Å². The molecule has 0 bridgehead atoms. The Bertz CT molecular complexity index is 379. The number of nitrogens with zero attached hydrogens (tertiary/aromatic N) is 3. The van der Waals surface area contributed by atoms with Crippen LogP contribution in [0.3, 0.4) is 0 Å². The minimum atomic E-state index is 0.568. The molecule has 0 aromatic carbocycles. The van der Waals surface area contributed by atoms with Gasteiger partial charge >= 0.3 is 0 Å². The lowest BCUT2D eigenvalue weighted by Crippen LogP contribution is -2.23. The molecule has 1 aromatic heterocycles. The molecule has 4 heteroatoms. The monoisotopic (exact) mass is 239 g/mol. The fourth-order valence-corrected chi connectivity index (χ4v) is 2.39. The van der Waals surface area contributed by atoms with Crippen LogP contribution in [-0.4, -0.2) is 23.1 Å². The second-order valence-corrected chi connectivity index (χ2v) is 5.21. The van der Waals surface area contributed by atoms with Crippen molar-refractivity contribution < 1.29 is 0 Å². The van der Waals surface area contributed by atoms with Gasteiger partial charge in [-0.25, -0.2) is 9.97 Å². The van der Waals surface area contributed by atoms with E-state index in [1.165, 1.54) is 6.42 Å². The molecule has 1 aliphatic rings. The Morgan fingerprint density at radius 2 is 2.19 bits per heavy atom. The summed E-state index contributed by atoms with van der Waals surface area (Å²) in [5.41, 5.74) is 0.994. The van der Waals surface area contributed by atoms with Gasteiger partial charge in [0.25, 0.3) is 0 Å². The van der Waals surface area contributed by atoms with E-state index in [1.54, 1.807) is 6.33 Å². The van der Waals surface area contributed by atoms with Crippen LogP contribution in [0.15, 0.2) is 6.33 Å². The third kappa shape index (κ3) is 2.14. The molecule has 0 aliphatic carbocycles. The van der Waals surface area contributed by atoms with Crippen LogP contribution >= 0.6 is 11.6 Å². The Balaban J connectivity index is 2.17. The molecular formula is C12H18ClN3. The largest absolute Gasteiger partial charge is 0.356 e. The van der Waals surface area contributed by atoms with Crippen LogP contribution in [0.2, 0.25) is 5.15 Å². The van der Waals surface area contributed by atoms with Crippen LogP contribution in [0.1, 0.15) is 25.8 Å². The maximum Gasteiger partial charge on any atom is 0.137 e. The molecule has 1 fully saturated rings. The normalized spacial score (nSPS) is 20.8. The fourth-order valence-electron chi connectivity index (χ4n) is 2.26. The lowest BCUT2D eigenvalue weighted by atomic mass is 9.95. The van der Waals surface area contributed by atoms with Crippen molar-refractivity contribution in [3.05, 3.63) is 17.0 Å². The molecule has 1 atom stereocenters. The summed E-state index contributed by atoms with van der Waals surface area (Å²) in [5.74, 6) is 2.51. The van der Waals surface area contributed by atoms with E-state index in [2.05, 4.69) is 28.7 Å². The lowest BCUT2D eigenvalue weighted by molar-refractivity contribution is 0.422. The third-order valence-corrected chi connectivity index (χ3v) is 3.84. The van der Waals surface area contributed by atoms with Gasteiger partial charge in [0, 0.05) is 18.7 Å². The topological polar surface area (TPSA) is 29.0 Å². The standard InChI is InChI=1S/C12H18ClN3/c1-8(2)10-4-5-16(6-10)12-9(3)11(13)14-7-15-12/h7-8,10H,4-6H2,1-3H3. The summed E-state index contributed by atoms with van der Waals surface area (Å²) in [4.78, 5) is 10.7. The van der Waals surface area contributed by atoms with Gasteiger partial charge in [0.2, 0.25) is 0 Å². The molecular weight excluding hydrogens is 222 g/mol. The summed E-state index contributed by atoms with van der Waals surface area (Å²) >= 11 is 6.01. The number of aromatic nitrogens is 2. The molecule has 0 N–H and O–H groups in total. The predicted octanol–water partition coefficient (Wildman–Crippen LogP) is 2.92. The number of anilines is 1. The Morgan fingerprint density at radius 1 is 1.44 bits per heavy atom. The fraction of sp³-hybridized carbons (Fsp3) is 0.667. The van der Waals surface area contributed by atoms with Crippen molar-refractivity contribution in [2.45, 2.75) is 27.2 Å². The predicted molar refractivity (Wildman–Crippen MR) is 66.9 cm³/mol. The van der Waals surface area contributed by atoms with Gasteiger partial charge in [0.15, 0.2) is 0 Å².